The Hall–Kier alpha value is -1.91. The van der Waals surface area contributed by atoms with Crippen LogP contribution in [0.1, 0.15) is 18.6 Å². The van der Waals surface area contributed by atoms with Gasteiger partial charge in [-0.15, -0.1) is 0 Å². The lowest BCUT2D eigenvalue weighted by Crippen LogP contribution is -2.25. The van der Waals surface area contributed by atoms with Crippen molar-refractivity contribution in [1.29, 1.82) is 0 Å². The molecule has 2 aromatic rings. The second-order valence-corrected chi connectivity index (χ2v) is 4.11. The standard InChI is InChI=1S/C11H14N4O/c12-11-10(6-13-14-11)15(8-3-4-8)7-9-2-1-5-16-9/h1-2,5-6,8H,3-4,7H2,(H3,12,13,14). The van der Waals surface area contributed by atoms with E-state index in [-0.39, 0.29) is 0 Å². The van der Waals surface area contributed by atoms with E-state index in [1.165, 1.54) is 12.8 Å². The Labute approximate surface area is 93.2 Å². The number of rotatable bonds is 4. The number of nitrogens with two attached hydrogens (primary N) is 1. The minimum absolute atomic E-state index is 0.574. The molecule has 5 nitrogen and oxygen atoms in total. The van der Waals surface area contributed by atoms with Gasteiger partial charge in [0, 0.05) is 6.04 Å². The van der Waals surface area contributed by atoms with Gasteiger partial charge in [-0.25, -0.2) is 0 Å². The predicted molar refractivity (Wildman–Crippen MR) is 60.9 cm³/mol. The first-order valence-corrected chi connectivity index (χ1v) is 5.42. The number of aromatic nitrogens is 2. The van der Waals surface area contributed by atoms with Crippen molar-refractivity contribution in [3.8, 4) is 0 Å². The number of anilines is 2. The van der Waals surface area contributed by atoms with Crippen LogP contribution in [0.15, 0.2) is 29.0 Å². The summed E-state index contributed by atoms with van der Waals surface area (Å²) in [4.78, 5) is 2.25. The first kappa shape index (κ1) is 9.33. The fraction of sp³-hybridized carbons (Fsp3) is 0.364. The van der Waals surface area contributed by atoms with Crippen LogP contribution >= 0.6 is 0 Å². The van der Waals surface area contributed by atoms with Crippen LogP contribution in [0.3, 0.4) is 0 Å². The third-order valence-electron chi connectivity index (χ3n) is 2.85. The van der Waals surface area contributed by atoms with Crippen LogP contribution in [0.25, 0.3) is 0 Å². The van der Waals surface area contributed by atoms with E-state index in [2.05, 4.69) is 15.1 Å². The molecule has 3 N–H and O–H groups in total. The van der Waals surface area contributed by atoms with Crippen molar-refractivity contribution >= 4 is 11.5 Å². The summed E-state index contributed by atoms with van der Waals surface area (Å²) in [5, 5.41) is 6.73. The van der Waals surface area contributed by atoms with Crippen molar-refractivity contribution in [2.75, 3.05) is 10.6 Å². The molecule has 1 saturated carbocycles. The zero-order valence-electron chi connectivity index (χ0n) is 8.89. The Bertz CT molecular complexity index is 458. The van der Waals surface area contributed by atoms with Crippen LogP contribution in [0.5, 0.6) is 0 Å². The van der Waals surface area contributed by atoms with Gasteiger partial charge >= 0.3 is 0 Å². The first-order valence-electron chi connectivity index (χ1n) is 5.42. The molecular weight excluding hydrogens is 204 g/mol. The smallest absolute Gasteiger partial charge is 0.142 e. The van der Waals surface area contributed by atoms with Crippen LogP contribution < -0.4 is 10.6 Å². The van der Waals surface area contributed by atoms with Crippen molar-refractivity contribution in [2.45, 2.75) is 25.4 Å². The van der Waals surface area contributed by atoms with Gasteiger partial charge in [-0.3, -0.25) is 5.10 Å². The fourth-order valence-corrected chi connectivity index (χ4v) is 1.89. The normalized spacial score (nSPS) is 15.2. The maximum Gasteiger partial charge on any atom is 0.142 e. The van der Waals surface area contributed by atoms with Gasteiger partial charge in [0.1, 0.15) is 11.6 Å². The molecule has 0 bridgehead atoms. The number of hydrogen-bond donors (Lipinski definition) is 2. The Balaban J connectivity index is 1.84. The number of H-pyrrole nitrogens is 1. The summed E-state index contributed by atoms with van der Waals surface area (Å²) in [6, 6.07) is 4.45. The molecular formula is C11H14N4O. The van der Waals surface area contributed by atoms with Crippen LogP contribution in [0.4, 0.5) is 11.5 Å². The van der Waals surface area contributed by atoms with Gasteiger partial charge in [0.15, 0.2) is 0 Å². The van der Waals surface area contributed by atoms with Gasteiger partial charge in [-0.2, -0.15) is 5.10 Å². The Morgan fingerprint density at radius 1 is 1.56 bits per heavy atom. The van der Waals surface area contributed by atoms with Gasteiger partial charge in [-0.05, 0) is 25.0 Å². The van der Waals surface area contributed by atoms with E-state index in [0.717, 1.165) is 18.0 Å². The summed E-state index contributed by atoms with van der Waals surface area (Å²) in [6.45, 7) is 0.751. The van der Waals surface area contributed by atoms with Crippen LogP contribution in [-0.4, -0.2) is 16.2 Å². The molecule has 16 heavy (non-hydrogen) atoms. The number of aromatic amines is 1. The summed E-state index contributed by atoms with van der Waals surface area (Å²) in [5.41, 5.74) is 6.82. The molecule has 0 aromatic carbocycles. The highest BCUT2D eigenvalue weighted by molar-refractivity contribution is 5.63. The van der Waals surface area contributed by atoms with Gasteiger partial charge in [0.25, 0.3) is 0 Å². The molecule has 0 spiro atoms. The maximum absolute atomic E-state index is 5.85. The van der Waals surface area contributed by atoms with Crippen molar-refractivity contribution in [2.24, 2.45) is 0 Å². The van der Waals surface area contributed by atoms with E-state index in [9.17, 15) is 0 Å². The number of nitrogens with one attached hydrogen (secondary N) is 1. The van der Waals surface area contributed by atoms with Crippen molar-refractivity contribution in [3.63, 3.8) is 0 Å². The quantitative estimate of drug-likeness (QED) is 0.820. The molecule has 1 aliphatic carbocycles. The van der Waals surface area contributed by atoms with Crippen molar-refractivity contribution < 1.29 is 4.42 Å². The zero-order chi connectivity index (χ0) is 11.0. The lowest BCUT2D eigenvalue weighted by molar-refractivity contribution is 0.501. The van der Waals surface area contributed by atoms with Gasteiger partial charge in [0.05, 0.1) is 24.7 Å². The average Bonchev–Trinajstić information content (AvgIpc) is 2.82. The van der Waals surface area contributed by atoms with Crippen LogP contribution in [0.2, 0.25) is 0 Å². The second kappa shape index (κ2) is 3.59. The molecule has 0 atom stereocenters. The van der Waals surface area contributed by atoms with E-state index in [1.807, 2.05) is 12.1 Å². The van der Waals surface area contributed by atoms with Crippen molar-refractivity contribution in [1.82, 2.24) is 10.2 Å². The lowest BCUT2D eigenvalue weighted by atomic mass is 10.3. The molecule has 3 rings (SSSR count). The molecule has 84 valence electrons. The third-order valence-corrected chi connectivity index (χ3v) is 2.85. The Morgan fingerprint density at radius 3 is 3.00 bits per heavy atom. The highest BCUT2D eigenvalue weighted by Crippen LogP contribution is 2.35. The maximum atomic E-state index is 5.85. The van der Waals surface area contributed by atoms with Crippen LogP contribution in [0, 0.1) is 0 Å². The minimum Gasteiger partial charge on any atom is -0.467 e. The highest BCUT2D eigenvalue weighted by atomic mass is 16.3. The van der Waals surface area contributed by atoms with Crippen LogP contribution in [-0.2, 0) is 6.54 Å². The average molecular weight is 218 g/mol. The summed E-state index contributed by atoms with van der Waals surface area (Å²) in [6.07, 6.45) is 5.90. The molecule has 0 saturated heterocycles. The first-order chi connectivity index (χ1) is 7.84. The molecule has 2 aromatic heterocycles. The van der Waals surface area contributed by atoms with E-state index in [1.54, 1.807) is 12.5 Å². The van der Waals surface area contributed by atoms with E-state index in [0.29, 0.717) is 11.9 Å². The Kier molecular flexibility index (Phi) is 2.09. The summed E-state index contributed by atoms with van der Waals surface area (Å²) in [5.74, 6) is 1.57. The summed E-state index contributed by atoms with van der Waals surface area (Å²) >= 11 is 0. The predicted octanol–water partition coefficient (Wildman–Crippen LogP) is 1.75. The number of nitrogen functional groups attached to an aromatic ring is 1. The second-order valence-electron chi connectivity index (χ2n) is 4.11. The molecule has 2 heterocycles. The molecule has 0 aliphatic heterocycles. The summed E-state index contributed by atoms with van der Waals surface area (Å²) < 4.78 is 5.37. The minimum atomic E-state index is 0.574. The number of furan rings is 1. The SMILES string of the molecule is Nc1[nH]ncc1N(Cc1ccco1)C1CC1. The Morgan fingerprint density at radius 2 is 2.44 bits per heavy atom. The van der Waals surface area contributed by atoms with E-state index in [4.69, 9.17) is 10.2 Å². The molecule has 1 aliphatic rings. The monoisotopic (exact) mass is 218 g/mol. The fourth-order valence-electron chi connectivity index (χ4n) is 1.89. The number of nitrogens with zero attached hydrogens (tertiary/aromatic N) is 2. The lowest BCUT2D eigenvalue weighted by Gasteiger charge is -2.22. The molecule has 0 amide bonds. The zero-order valence-corrected chi connectivity index (χ0v) is 8.89. The van der Waals surface area contributed by atoms with E-state index < -0.39 is 0 Å². The molecule has 0 radical (unpaired) electrons. The third kappa shape index (κ3) is 1.64. The van der Waals surface area contributed by atoms with Gasteiger partial charge in [0.2, 0.25) is 0 Å². The molecule has 0 unspecified atom stereocenters. The number of hydrogen-bond acceptors (Lipinski definition) is 4. The van der Waals surface area contributed by atoms with Gasteiger partial charge in [-0.1, -0.05) is 0 Å². The van der Waals surface area contributed by atoms with Gasteiger partial charge < -0.3 is 15.1 Å². The summed E-state index contributed by atoms with van der Waals surface area (Å²) in [7, 11) is 0. The molecule has 1 fully saturated rings. The molecule has 5 heteroatoms. The van der Waals surface area contributed by atoms with E-state index >= 15 is 0 Å². The highest BCUT2D eigenvalue weighted by Gasteiger charge is 2.31. The van der Waals surface area contributed by atoms with Crippen molar-refractivity contribution in [3.05, 3.63) is 30.4 Å². The largest absolute Gasteiger partial charge is 0.467 e. The topological polar surface area (TPSA) is 71.1 Å².